The predicted octanol–water partition coefficient (Wildman–Crippen LogP) is 6.00. The van der Waals surface area contributed by atoms with Crippen LogP contribution in [0.1, 0.15) is 63.9 Å². The monoisotopic (exact) mass is 549 g/mol. The van der Waals surface area contributed by atoms with Gasteiger partial charge in [-0.2, -0.15) is 0 Å². The van der Waals surface area contributed by atoms with Crippen LogP contribution in [0.15, 0.2) is 36.7 Å². The van der Waals surface area contributed by atoms with Crippen LogP contribution < -0.4 is 5.32 Å². The Morgan fingerprint density at radius 3 is 2.40 bits per heavy atom. The molecule has 0 aliphatic carbocycles. The van der Waals surface area contributed by atoms with Crippen molar-refractivity contribution < 1.29 is 13.9 Å². The van der Waals surface area contributed by atoms with Crippen molar-refractivity contribution in [1.29, 1.82) is 0 Å². The second kappa shape index (κ2) is 11.5. The van der Waals surface area contributed by atoms with Crippen molar-refractivity contribution in [2.24, 2.45) is 5.92 Å². The molecule has 0 saturated carbocycles. The summed E-state index contributed by atoms with van der Waals surface area (Å²) in [7, 11) is 0. The van der Waals surface area contributed by atoms with Crippen molar-refractivity contribution >= 4 is 22.8 Å². The number of rotatable bonds is 8. The summed E-state index contributed by atoms with van der Waals surface area (Å²) >= 11 is 0. The molecule has 2 atom stereocenters. The lowest BCUT2D eigenvalue weighted by atomic mass is 9.78. The lowest BCUT2D eigenvalue weighted by Gasteiger charge is -2.37. The molecule has 4 aromatic rings. The predicted molar refractivity (Wildman–Crippen MR) is 153 cm³/mol. The Balaban J connectivity index is 1.39. The zero-order chi connectivity index (χ0) is 28.6. The Morgan fingerprint density at radius 2 is 1.77 bits per heavy atom. The lowest BCUT2D eigenvalue weighted by Crippen LogP contribution is -2.37. The molecule has 1 aliphatic rings. The van der Waals surface area contributed by atoms with Gasteiger partial charge in [0.15, 0.2) is 11.6 Å². The summed E-state index contributed by atoms with van der Waals surface area (Å²) < 4.78 is 31.8. The van der Waals surface area contributed by atoms with Crippen LogP contribution in [0.2, 0.25) is 0 Å². The number of aliphatic hydroxyl groups is 1. The van der Waals surface area contributed by atoms with Gasteiger partial charge in [0.1, 0.15) is 22.9 Å². The molecule has 0 spiro atoms. The van der Waals surface area contributed by atoms with E-state index in [0.29, 0.717) is 28.6 Å². The maximum atomic E-state index is 15.0. The van der Waals surface area contributed by atoms with Gasteiger partial charge in [-0.15, -0.1) is 0 Å². The zero-order valence-electron chi connectivity index (χ0n) is 23.7. The molecule has 212 valence electrons. The van der Waals surface area contributed by atoms with Crippen LogP contribution in [0, 0.1) is 24.5 Å². The van der Waals surface area contributed by atoms with Gasteiger partial charge in [-0.25, -0.2) is 28.7 Å². The molecule has 0 amide bonds. The number of benzene rings is 1. The summed E-state index contributed by atoms with van der Waals surface area (Å²) in [6, 6.07) is 6.79. The quantitative estimate of drug-likeness (QED) is 0.279. The zero-order valence-corrected chi connectivity index (χ0v) is 23.7. The topological polar surface area (TPSA) is 92.0 Å². The second-order valence-electron chi connectivity index (χ2n) is 11.0. The molecule has 0 bridgehead atoms. The normalized spacial score (nSPS) is 16.5. The molecule has 8 nitrogen and oxygen atoms in total. The molecule has 1 fully saturated rings. The molecule has 0 radical (unpaired) electrons. The fourth-order valence-electron chi connectivity index (χ4n) is 6.05. The molecule has 3 aromatic heterocycles. The molecule has 0 unspecified atom stereocenters. The van der Waals surface area contributed by atoms with E-state index in [1.54, 1.807) is 12.3 Å². The summed E-state index contributed by atoms with van der Waals surface area (Å²) in [5, 5.41) is 13.6. The average molecular weight is 550 g/mol. The number of imidazole rings is 1. The van der Waals surface area contributed by atoms with E-state index in [0.717, 1.165) is 44.2 Å². The van der Waals surface area contributed by atoms with E-state index in [9.17, 15) is 9.50 Å². The molecule has 1 aromatic carbocycles. The summed E-state index contributed by atoms with van der Waals surface area (Å²) in [6.45, 7) is 12.9. The van der Waals surface area contributed by atoms with E-state index >= 15 is 4.39 Å². The lowest BCUT2D eigenvalue weighted by molar-refractivity contribution is 0.0947. The minimum absolute atomic E-state index is 0.00181. The van der Waals surface area contributed by atoms with Gasteiger partial charge in [-0.05, 0) is 89.9 Å². The number of hydrogen-bond donors (Lipinski definition) is 2. The molecule has 40 heavy (non-hydrogen) atoms. The smallest absolute Gasteiger partial charge is 0.229 e. The van der Waals surface area contributed by atoms with E-state index in [1.165, 1.54) is 6.07 Å². The second-order valence-corrected chi connectivity index (χ2v) is 11.0. The number of pyridine rings is 1. The number of halogens is 2. The molecule has 1 saturated heterocycles. The van der Waals surface area contributed by atoms with Gasteiger partial charge >= 0.3 is 0 Å². The Kier molecular flexibility index (Phi) is 8.09. The number of hydrogen-bond acceptors (Lipinski definition) is 7. The third kappa shape index (κ3) is 5.55. The molecule has 1 aliphatic heterocycles. The number of nitrogens with one attached hydrogen (secondary N) is 1. The summed E-state index contributed by atoms with van der Waals surface area (Å²) in [5.41, 5.74) is 2.10. The molecule has 5 rings (SSSR count). The fraction of sp³-hybridized carbons (Fsp3) is 0.467. The van der Waals surface area contributed by atoms with Gasteiger partial charge in [0, 0.05) is 23.7 Å². The number of aliphatic hydroxyl groups excluding tert-OH is 1. The summed E-state index contributed by atoms with van der Waals surface area (Å²) in [5.74, 6) is 0.514. The number of piperidine rings is 1. The molecular formula is C30H37F2N7O. The fourth-order valence-corrected chi connectivity index (χ4v) is 6.05. The Bertz CT molecular complexity index is 1480. The highest BCUT2D eigenvalue weighted by Gasteiger charge is 2.30. The van der Waals surface area contributed by atoms with Crippen LogP contribution in [-0.4, -0.2) is 60.2 Å². The first-order valence-corrected chi connectivity index (χ1v) is 14.0. The number of likely N-dealkylation sites (tertiary alicyclic amines) is 1. The van der Waals surface area contributed by atoms with Crippen molar-refractivity contribution in [2.75, 3.05) is 25.0 Å². The maximum Gasteiger partial charge on any atom is 0.229 e. The molecular weight excluding hydrogens is 512 g/mol. The van der Waals surface area contributed by atoms with Gasteiger partial charge in [0.05, 0.1) is 17.8 Å². The van der Waals surface area contributed by atoms with E-state index < -0.39 is 17.7 Å². The van der Waals surface area contributed by atoms with Gasteiger partial charge in [-0.3, -0.25) is 0 Å². The third-order valence-corrected chi connectivity index (χ3v) is 7.98. The number of aromatic nitrogens is 5. The van der Waals surface area contributed by atoms with Crippen molar-refractivity contribution in [3.8, 4) is 11.3 Å². The third-order valence-electron chi connectivity index (χ3n) is 7.98. The van der Waals surface area contributed by atoms with E-state index in [4.69, 9.17) is 0 Å². The van der Waals surface area contributed by atoms with Crippen LogP contribution in [0.4, 0.5) is 20.5 Å². The van der Waals surface area contributed by atoms with Crippen LogP contribution in [0.25, 0.3) is 22.3 Å². The average Bonchev–Trinajstić information content (AvgIpc) is 3.27. The van der Waals surface area contributed by atoms with E-state index in [-0.39, 0.29) is 29.1 Å². The van der Waals surface area contributed by atoms with E-state index in [2.05, 4.69) is 37.1 Å². The van der Waals surface area contributed by atoms with Gasteiger partial charge < -0.3 is 19.9 Å². The first-order chi connectivity index (χ1) is 19.2. The highest BCUT2D eigenvalue weighted by Crippen LogP contribution is 2.36. The highest BCUT2D eigenvalue weighted by molar-refractivity contribution is 5.83. The summed E-state index contributed by atoms with van der Waals surface area (Å²) in [4.78, 5) is 19.8. The largest absolute Gasteiger partial charge is 0.393 e. The van der Waals surface area contributed by atoms with Crippen molar-refractivity contribution in [3.05, 3.63) is 59.7 Å². The SMILES string of the molecule is CCN1CCC([C@@H](c2ccc(Nc3ncc(F)c(-c4cc(F)c5nc(C)n(C(C)C)c5c4)n3)nc2)[C@H](C)O)CC1. The first kappa shape index (κ1) is 28.0. The van der Waals surface area contributed by atoms with Crippen molar-refractivity contribution in [2.45, 2.75) is 65.5 Å². The molecule has 2 N–H and O–H groups in total. The first-order valence-electron chi connectivity index (χ1n) is 14.0. The molecule has 4 heterocycles. The minimum Gasteiger partial charge on any atom is -0.393 e. The minimum atomic E-state index is -0.658. The van der Waals surface area contributed by atoms with E-state index in [1.807, 2.05) is 44.4 Å². The van der Waals surface area contributed by atoms with Crippen molar-refractivity contribution in [3.63, 3.8) is 0 Å². The van der Waals surface area contributed by atoms with Crippen LogP contribution in [-0.2, 0) is 0 Å². The maximum absolute atomic E-state index is 15.0. The number of anilines is 2. The van der Waals surface area contributed by atoms with Crippen LogP contribution >= 0.6 is 0 Å². The number of aryl methyl sites for hydroxylation is 1. The Labute approximate surface area is 233 Å². The number of nitrogens with zero attached hydrogens (tertiary/aromatic N) is 6. The standard InChI is InChI=1S/C30H37F2N7O/c1-6-38-11-9-20(10-12-38)27(18(4)40)21-7-8-26(33-15-21)36-30-34-16-24(32)28(37-30)22-13-23(31)29-25(14-22)39(17(2)3)19(5)35-29/h7-8,13-18,20,27,40H,6,9-12H2,1-5H3,(H,33,34,36,37)/t18-,27-/m0/s1. The summed E-state index contributed by atoms with van der Waals surface area (Å²) in [6.07, 6.45) is 4.43. The highest BCUT2D eigenvalue weighted by atomic mass is 19.1. The van der Waals surface area contributed by atoms with Gasteiger partial charge in [-0.1, -0.05) is 13.0 Å². The number of fused-ring (bicyclic) bond motifs is 1. The Morgan fingerprint density at radius 1 is 1.02 bits per heavy atom. The molecule has 10 heteroatoms. The Hall–Kier alpha value is -3.50. The van der Waals surface area contributed by atoms with Crippen LogP contribution in [0.5, 0.6) is 0 Å². The van der Waals surface area contributed by atoms with Crippen molar-refractivity contribution in [1.82, 2.24) is 29.4 Å². The van der Waals surface area contributed by atoms with Gasteiger partial charge in [0.2, 0.25) is 5.95 Å². The van der Waals surface area contributed by atoms with Crippen LogP contribution in [0.3, 0.4) is 0 Å². The van der Waals surface area contributed by atoms with Gasteiger partial charge in [0.25, 0.3) is 0 Å².